The fourth-order valence-corrected chi connectivity index (χ4v) is 5.72. The molecule has 0 spiro atoms. The van der Waals surface area contributed by atoms with Crippen molar-refractivity contribution >= 4 is 35.6 Å². The molecule has 2 heterocycles. The van der Waals surface area contributed by atoms with Crippen molar-refractivity contribution in [1.29, 1.82) is 0 Å². The zero-order chi connectivity index (χ0) is 41.6. The van der Waals surface area contributed by atoms with Crippen LogP contribution in [0.2, 0.25) is 0 Å². The summed E-state index contributed by atoms with van der Waals surface area (Å²) in [7, 11) is 0. The first kappa shape index (κ1) is 42.1. The standard InChI is InChI=1S/C42H46N8O8/c1-25(2)31(41(55)57-21-27-12-7-5-8-13-27)49-39(53)35-33(45-23-47-35)37(51)43-19-29-16-11-17-30(18-29)20-44-38(52)34-36(48-24-46-34)40(54)50-32(26(3)4)42(56)58-22-28-14-9-6-10-15-28/h5-18,23-26,31-32H,19-22H2,1-4H3,(H,43,51)(H,44,52)(H,45,47)(H,46,48)(H,49,53)(H,50,54)/t31-,32-/m0/s1. The number of nitrogens with zero attached hydrogens (tertiary/aromatic N) is 2. The fourth-order valence-electron chi connectivity index (χ4n) is 5.72. The molecule has 0 aliphatic rings. The minimum Gasteiger partial charge on any atom is -0.459 e. The Balaban J connectivity index is 1.13. The van der Waals surface area contributed by atoms with Gasteiger partial charge in [0, 0.05) is 13.1 Å². The molecule has 5 aromatic rings. The number of hydrogen-bond donors (Lipinski definition) is 6. The summed E-state index contributed by atoms with van der Waals surface area (Å²) in [5, 5.41) is 10.8. The van der Waals surface area contributed by atoms with E-state index in [1.54, 1.807) is 52.0 Å². The predicted octanol–water partition coefficient (Wildman–Crippen LogP) is 3.99. The maximum absolute atomic E-state index is 13.2. The van der Waals surface area contributed by atoms with Gasteiger partial charge in [0.05, 0.1) is 12.7 Å². The summed E-state index contributed by atoms with van der Waals surface area (Å²) in [6, 6.07) is 23.4. The van der Waals surface area contributed by atoms with Crippen LogP contribution in [0.1, 0.15) is 91.9 Å². The van der Waals surface area contributed by atoms with E-state index in [1.807, 2.05) is 60.7 Å². The summed E-state index contributed by atoms with van der Waals surface area (Å²) in [4.78, 5) is 92.0. The van der Waals surface area contributed by atoms with E-state index in [4.69, 9.17) is 9.47 Å². The van der Waals surface area contributed by atoms with Crippen LogP contribution in [0, 0.1) is 11.8 Å². The first-order valence-electron chi connectivity index (χ1n) is 18.6. The lowest BCUT2D eigenvalue weighted by Crippen LogP contribution is -2.45. The number of nitrogens with one attached hydrogen (secondary N) is 6. The molecule has 3 aromatic carbocycles. The van der Waals surface area contributed by atoms with Crippen LogP contribution in [0.25, 0.3) is 0 Å². The van der Waals surface area contributed by atoms with Crippen LogP contribution >= 0.6 is 0 Å². The summed E-state index contributed by atoms with van der Waals surface area (Å²) < 4.78 is 10.9. The van der Waals surface area contributed by atoms with Gasteiger partial charge in [-0.2, -0.15) is 0 Å². The monoisotopic (exact) mass is 790 g/mol. The van der Waals surface area contributed by atoms with E-state index < -0.39 is 47.7 Å². The van der Waals surface area contributed by atoms with Gasteiger partial charge < -0.3 is 40.7 Å². The Labute approximate surface area is 334 Å². The summed E-state index contributed by atoms with van der Waals surface area (Å²) >= 11 is 0. The molecular formula is C42H46N8O8. The molecule has 0 aliphatic heterocycles. The van der Waals surface area contributed by atoms with Crippen LogP contribution in [-0.4, -0.2) is 67.6 Å². The van der Waals surface area contributed by atoms with Gasteiger partial charge >= 0.3 is 11.9 Å². The van der Waals surface area contributed by atoms with E-state index in [9.17, 15) is 28.8 Å². The number of esters is 2. The number of benzene rings is 3. The van der Waals surface area contributed by atoms with Gasteiger partial charge in [0.25, 0.3) is 23.6 Å². The number of aromatic nitrogens is 4. The zero-order valence-corrected chi connectivity index (χ0v) is 32.5. The Morgan fingerprint density at radius 3 is 1.29 bits per heavy atom. The molecule has 2 atom stereocenters. The highest BCUT2D eigenvalue weighted by molar-refractivity contribution is 6.06. The molecule has 16 heteroatoms. The minimum atomic E-state index is -0.984. The van der Waals surface area contributed by atoms with Crippen molar-refractivity contribution in [3.8, 4) is 0 Å². The van der Waals surface area contributed by atoms with Crippen LogP contribution in [0.3, 0.4) is 0 Å². The van der Waals surface area contributed by atoms with E-state index in [1.165, 1.54) is 12.7 Å². The third kappa shape index (κ3) is 11.5. The zero-order valence-electron chi connectivity index (χ0n) is 32.5. The van der Waals surface area contributed by atoms with Crippen molar-refractivity contribution < 1.29 is 38.2 Å². The van der Waals surface area contributed by atoms with Gasteiger partial charge in [0.2, 0.25) is 0 Å². The number of amides is 4. The second-order valence-corrected chi connectivity index (χ2v) is 14.0. The lowest BCUT2D eigenvalue weighted by Gasteiger charge is -2.20. The number of ether oxygens (including phenoxy) is 2. The minimum absolute atomic E-state index is 0.0439. The number of aromatic amines is 2. The normalized spacial score (nSPS) is 12.0. The SMILES string of the molecule is CC(C)[C@H](NC(=O)c1nc[nH]c1C(=O)NCc1cccc(CNC(=O)c2[nH]cnc2C(=O)N[C@H](C(=O)OCc2ccccc2)C(C)C)c1)C(=O)OCc1ccccc1. The smallest absolute Gasteiger partial charge is 0.329 e. The van der Waals surface area contributed by atoms with E-state index in [0.29, 0.717) is 11.1 Å². The summed E-state index contributed by atoms with van der Waals surface area (Å²) in [6.07, 6.45) is 2.42. The quantitative estimate of drug-likeness (QED) is 0.0700. The maximum Gasteiger partial charge on any atom is 0.329 e. The van der Waals surface area contributed by atoms with Crippen LogP contribution < -0.4 is 21.3 Å². The Hall–Kier alpha value is -7.10. The molecule has 0 fully saturated rings. The highest BCUT2D eigenvalue weighted by Gasteiger charge is 2.31. The Morgan fingerprint density at radius 2 is 0.914 bits per heavy atom. The average Bonchev–Trinajstić information content (AvgIpc) is 3.93. The van der Waals surface area contributed by atoms with E-state index >= 15 is 0 Å². The largest absolute Gasteiger partial charge is 0.459 e. The van der Waals surface area contributed by atoms with Crippen molar-refractivity contribution in [3.63, 3.8) is 0 Å². The average molecular weight is 791 g/mol. The Kier molecular flexibility index (Phi) is 14.6. The summed E-state index contributed by atoms with van der Waals surface area (Å²) in [6.45, 7) is 7.27. The van der Waals surface area contributed by atoms with Crippen molar-refractivity contribution in [2.75, 3.05) is 0 Å². The van der Waals surface area contributed by atoms with Crippen LogP contribution in [0.15, 0.2) is 97.6 Å². The molecule has 2 aromatic heterocycles. The molecule has 6 N–H and O–H groups in total. The van der Waals surface area contributed by atoms with Crippen molar-refractivity contribution in [2.45, 2.75) is 66.1 Å². The second kappa shape index (κ2) is 20.2. The van der Waals surface area contributed by atoms with Gasteiger partial charge in [0.1, 0.15) is 36.7 Å². The lowest BCUT2D eigenvalue weighted by molar-refractivity contribution is -0.149. The molecule has 0 unspecified atom stereocenters. The molecule has 5 rings (SSSR count). The third-order valence-corrected chi connectivity index (χ3v) is 8.92. The van der Waals surface area contributed by atoms with Crippen molar-refractivity contribution in [3.05, 3.63) is 143 Å². The second-order valence-electron chi connectivity index (χ2n) is 14.0. The molecular weight excluding hydrogens is 745 g/mol. The molecule has 0 saturated heterocycles. The maximum atomic E-state index is 13.2. The van der Waals surface area contributed by atoms with E-state index in [2.05, 4.69) is 41.2 Å². The number of rotatable bonds is 18. The molecule has 0 aliphatic carbocycles. The topological polar surface area (TPSA) is 226 Å². The highest BCUT2D eigenvalue weighted by atomic mass is 16.5. The summed E-state index contributed by atoms with van der Waals surface area (Å²) in [5.41, 5.74) is 2.41. The lowest BCUT2D eigenvalue weighted by atomic mass is 10.0. The number of carbonyl (C=O) groups is 6. The third-order valence-electron chi connectivity index (χ3n) is 8.92. The highest BCUT2D eigenvalue weighted by Crippen LogP contribution is 2.13. The fraction of sp³-hybridized carbons (Fsp3) is 0.286. The van der Waals surface area contributed by atoms with E-state index in [0.717, 1.165) is 11.1 Å². The van der Waals surface area contributed by atoms with E-state index in [-0.39, 0.29) is 60.9 Å². The molecule has 0 radical (unpaired) electrons. The molecule has 0 bridgehead atoms. The van der Waals surface area contributed by atoms with Crippen LogP contribution in [0.4, 0.5) is 0 Å². The summed E-state index contributed by atoms with van der Waals surface area (Å²) in [5.74, 6) is -4.52. The first-order valence-corrected chi connectivity index (χ1v) is 18.6. The van der Waals surface area contributed by atoms with Gasteiger partial charge in [-0.3, -0.25) is 19.2 Å². The Bertz CT molecular complexity index is 2050. The first-order chi connectivity index (χ1) is 27.9. The van der Waals surface area contributed by atoms with Gasteiger partial charge in [0.15, 0.2) is 11.4 Å². The van der Waals surface area contributed by atoms with Crippen LogP contribution in [0.5, 0.6) is 0 Å². The number of hydrogen-bond acceptors (Lipinski definition) is 10. The van der Waals surface area contributed by atoms with Gasteiger partial charge in [-0.1, -0.05) is 113 Å². The molecule has 4 amide bonds. The van der Waals surface area contributed by atoms with Gasteiger partial charge in [-0.15, -0.1) is 0 Å². The number of carbonyl (C=O) groups excluding carboxylic acids is 6. The predicted molar refractivity (Wildman–Crippen MR) is 211 cm³/mol. The number of H-pyrrole nitrogens is 2. The Morgan fingerprint density at radius 1 is 0.534 bits per heavy atom. The van der Waals surface area contributed by atoms with Gasteiger partial charge in [-0.25, -0.2) is 19.6 Å². The number of imidazole rings is 2. The molecule has 16 nitrogen and oxygen atoms in total. The van der Waals surface area contributed by atoms with Crippen LogP contribution in [-0.2, 0) is 45.4 Å². The molecule has 0 saturated carbocycles. The van der Waals surface area contributed by atoms with Crippen molar-refractivity contribution in [2.24, 2.45) is 11.8 Å². The van der Waals surface area contributed by atoms with Gasteiger partial charge in [-0.05, 0) is 34.1 Å². The van der Waals surface area contributed by atoms with Crippen molar-refractivity contribution in [1.82, 2.24) is 41.2 Å². The molecule has 58 heavy (non-hydrogen) atoms. The molecule has 302 valence electrons.